The molecule has 1 heterocycles. The Hall–Kier alpha value is -2.30. The molecule has 0 spiro atoms. The molecule has 20 heavy (non-hydrogen) atoms. The van der Waals surface area contributed by atoms with Gasteiger partial charge in [0.05, 0.1) is 12.0 Å². The maximum atomic E-state index is 12.5. The molecular formula is C15H17NO4. The highest BCUT2D eigenvalue weighted by Gasteiger charge is 2.24. The molecular weight excluding hydrogens is 258 g/mol. The standard InChI is InChI=1S/C15H17NO4/c1-3-16(10(2)8-14(17)18)15(19)12-9-20-13-7-5-4-6-11(12)13/h4-7,9-10H,3,8H2,1-2H3,(H,17,18). The van der Waals surface area contributed by atoms with Crippen molar-refractivity contribution in [1.29, 1.82) is 0 Å². The lowest BCUT2D eigenvalue weighted by atomic mass is 10.1. The predicted molar refractivity (Wildman–Crippen MR) is 74.6 cm³/mol. The van der Waals surface area contributed by atoms with Gasteiger partial charge in [-0.3, -0.25) is 9.59 Å². The minimum atomic E-state index is -0.916. The van der Waals surface area contributed by atoms with Crippen LogP contribution in [0.5, 0.6) is 0 Å². The lowest BCUT2D eigenvalue weighted by Gasteiger charge is -2.26. The molecule has 0 aliphatic carbocycles. The first-order valence-electron chi connectivity index (χ1n) is 6.53. The van der Waals surface area contributed by atoms with Crippen molar-refractivity contribution in [3.05, 3.63) is 36.1 Å². The van der Waals surface area contributed by atoms with E-state index in [-0.39, 0.29) is 18.4 Å². The number of amides is 1. The van der Waals surface area contributed by atoms with Gasteiger partial charge in [0, 0.05) is 18.0 Å². The van der Waals surface area contributed by atoms with Gasteiger partial charge in [-0.1, -0.05) is 18.2 Å². The average molecular weight is 275 g/mol. The molecule has 5 heteroatoms. The van der Waals surface area contributed by atoms with Crippen molar-refractivity contribution in [2.24, 2.45) is 0 Å². The van der Waals surface area contributed by atoms with Crippen molar-refractivity contribution in [2.75, 3.05) is 6.54 Å². The van der Waals surface area contributed by atoms with Crippen LogP contribution < -0.4 is 0 Å². The fourth-order valence-electron chi connectivity index (χ4n) is 2.32. The van der Waals surface area contributed by atoms with E-state index in [1.165, 1.54) is 6.26 Å². The minimum Gasteiger partial charge on any atom is -0.481 e. The topological polar surface area (TPSA) is 70.8 Å². The van der Waals surface area contributed by atoms with E-state index >= 15 is 0 Å². The van der Waals surface area contributed by atoms with E-state index in [0.29, 0.717) is 17.7 Å². The molecule has 0 fully saturated rings. The molecule has 0 aliphatic rings. The number of furan rings is 1. The third-order valence-corrected chi connectivity index (χ3v) is 3.32. The van der Waals surface area contributed by atoms with Crippen LogP contribution in [0.1, 0.15) is 30.6 Å². The highest BCUT2D eigenvalue weighted by molar-refractivity contribution is 6.06. The maximum absolute atomic E-state index is 12.5. The number of aliphatic carboxylic acids is 1. The highest BCUT2D eigenvalue weighted by atomic mass is 16.4. The van der Waals surface area contributed by atoms with Crippen molar-refractivity contribution in [3.8, 4) is 0 Å². The second kappa shape index (κ2) is 5.77. The summed E-state index contributed by atoms with van der Waals surface area (Å²) in [5.74, 6) is -1.12. The number of fused-ring (bicyclic) bond motifs is 1. The van der Waals surface area contributed by atoms with Crippen molar-refractivity contribution >= 4 is 22.8 Å². The predicted octanol–water partition coefficient (Wildman–Crippen LogP) is 2.76. The summed E-state index contributed by atoms with van der Waals surface area (Å²) in [4.78, 5) is 24.9. The van der Waals surface area contributed by atoms with Crippen LogP contribution in [0, 0.1) is 0 Å². The average Bonchev–Trinajstić information content (AvgIpc) is 2.82. The third-order valence-electron chi connectivity index (χ3n) is 3.32. The Morgan fingerprint density at radius 1 is 1.35 bits per heavy atom. The largest absolute Gasteiger partial charge is 0.481 e. The van der Waals surface area contributed by atoms with Gasteiger partial charge in [0.15, 0.2) is 0 Å². The molecule has 0 saturated heterocycles. The second-order valence-electron chi connectivity index (χ2n) is 4.68. The summed E-state index contributed by atoms with van der Waals surface area (Å²) in [7, 11) is 0. The molecule has 5 nitrogen and oxygen atoms in total. The van der Waals surface area contributed by atoms with Gasteiger partial charge in [-0.2, -0.15) is 0 Å². The van der Waals surface area contributed by atoms with E-state index in [9.17, 15) is 9.59 Å². The van der Waals surface area contributed by atoms with Gasteiger partial charge in [-0.15, -0.1) is 0 Å². The van der Waals surface area contributed by atoms with Crippen LogP contribution in [0.25, 0.3) is 11.0 Å². The molecule has 1 N–H and O–H groups in total. The van der Waals surface area contributed by atoms with Crippen LogP contribution >= 0.6 is 0 Å². The van der Waals surface area contributed by atoms with Crippen LogP contribution in [0.2, 0.25) is 0 Å². The number of carbonyl (C=O) groups is 2. The normalized spacial score (nSPS) is 12.3. The second-order valence-corrected chi connectivity index (χ2v) is 4.68. The van der Waals surface area contributed by atoms with Crippen molar-refractivity contribution < 1.29 is 19.1 Å². The first-order chi connectivity index (χ1) is 9.54. The van der Waals surface area contributed by atoms with E-state index in [0.717, 1.165) is 5.39 Å². The number of carboxylic acid groups (broad SMARTS) is 1. The van der Waals surface area contributed by atoms with Gasteiger partial charge < -0.3 is 14.4 Å². The zero-order valence-electron chi connectivity index (χ0n) is 11.5. The summed E-state index contributed by atoms with van der Waals surface area (Å²) >= 11 is 0. The number of benzene rings is 1. The Kier molecular flexibility index (Phi) is 4.08. The molecule has 0 aliphatic heterocycles. The van der Waals surface area contributed by atoms with Crippen LogP contribution in [0.3, 0.4) is 0 Å². The molecule has 0 bridgehead atoms. The molecule has 2 aromatic rings. The lowest BCUT2D eigenvalue weighted by molar-refractivity contribution is -0.138. The minimum absolute atomic E-state index is 0.0740. The number of carboxylic acids is 1. The fraction of sp³-hybridized carbons (Fsp3) is 0.333. The van der Waals surface area contributed by atoms with Crippen molar-refractivity contribution in [1.82, 2.24) is 4.90 Å². The van der Waals surface area contributed by atoms with Crippen LogP contribution in [-0.4, -0.2) is 34.5 Å². The van der Waals surface area contributed by atoms with E-state index in [1.807, 2.05) is 25.1 Å². The molecule has 106 valence electrons. The van der Waals surface area contributed by atoms with Gasteiger partial charge in [-0.25, -0.2) is 0 Å². The quantitative estimate of drug-likeness (QED) is 0.910. The Balaban J connectivity index is 2.31. The van der Waals surface area contributed by atoms with Crippen LogP contribution in [-0.2, 0) is 4.79 Å². The number of nitrogens with zero attached hydrogens (tertiary/aromatic N) is 1. The Morgan fingerprint density at radius 3 is 2.70 bits per heavy atom. The Labute approximate surface area is 116 Å². The molecule has 0 saturated carbocycles. The Morgan fingerprint density at radius 2 is 2.05 bits per heavy atom. The monoisotopic (exact) mass is 275 g/mol. The zero-order valence-corrected chi connectivity index (χ0v) is 11.5. The fourth-order valence-corrected chi connectivity index (χ4v) is 2.32. The molecule has 1 amide bonds. The maximum Gasteiger partial charge on any atom is 0.305 e. The first kappa shape index (κ1) is 14.1. The first-order valence-corrected chi connectivity index (χ1v) is 6.53. The van der Waals surface area contributed by atoms with E-state index < -0.39 is 5.97 Å². The summed E-state index contributed by atoms with van der Waals surface area (Å²) in [6, 6.07) is 6.93. The molecule has 1 aromatic carbocycles. The zero-order chi connectivity index (χ0) is 14.7. The highest BCUT2D eigenvalue weighted by Crippen LogP contribution is 2.23. The molecule has 1 atom stereocenters. The number of hydrogen-bond donors (Lipinski definition) is 1. The van der Waals surface area contributed by atoms with E-state index in [4.69, 9.17) is 9.52 Å². The van der Waals surface area contributed by atoms with E-state index in [1.54, 1.807) is 17.9 Å². The lowest BCUT2D eigenvalue weighted by Crippen LogP contribution is -2.39. The Bertz CT molecular complexity index is 632. The van der Waals surface area contributed by atoms with Gasteiger partial charge >= 0.3 is 5.97 Å². The molecule has 1 aromatic heterocycles. The third kappa shape index (κ3) is 2.66. The van der Waals surface area contributed by atoms with Gasteiger partial charge in [0.2, 0.25) is 0 Å². The van der Waals surface area contributed by atoms with Crippen LogP contribution in [0.15, 0.2) is 34.9 Å². The number of carbonyl (C=O) groups excluding carboxylic acids is 1. The number of rotatable bonds is 5. The summed E-state index contributed by atoms with van der Waals surface area (Å²) in [5, 5.41) is 9.60. The van der Waals surface area contributed by atoms with Crippen molar-refractivity contribution in [2.45, 2.75) is 26.3 Å². The number of para-hydroxylation sites is 1. The summed E-state index contributed by atoms with van der Waals surface area (Å²) in [6.45, 7) is 4.02. The molecule has 0 radical (unpaired) electrons. The van der Waals surface area contributed by atoms with Gasteiger partial charge in [0.25, 0.3) is 5.91 Å². The number of hydrogen-bond acceptors (Lipinski definition) is 3. The van der Waals surface area contributed by atoms with Crippen molar-refractivity contribution in [3.63, 3.8) is 0 Å². The van der Waals surface area contributed by atoms with Crippen LogP contribution in [0.4, 0.5) is 0 Å². The molecule has 2 rings (SSSR count). The van der Waals surface area contributed by atoms with Gasteiger partial charge in [-0.05, 0) is 19.9 Å². The molecule has 1 unspecified atom stereocenters. The smallest absolute Gasteiger partial charge is 0.305 e. The SMILES string of the molecule is CCN(C(=O)c1coc2ccccc12)C(C)CC(=O)O. The summed E-state index contributed by atoms with van der Waals surface area (Å²) in [5.41, 5.74) is 1.12. The van der Waals surface area contributed by atoms with E-state index in [2.05, 4.69) is 0 Å². The van der Waals surface area contributed by atoms with Gasteiger partial charge in [0.1, 0.15) is 11.8 Å². The summed E-state index contributed by atoms with van der Waals surface area (Å²) < 4.78 is 5.36. The summed E-state index contributed by atoms with van der Waals surface area (Å²) in [6.07, 6.45) is 1.36.